The molecule has 9 heteroatoms. The van der Waals surface area contributed by atoms with Crippen LogP contribution in [0.25, 0.3) is 11.1 Å². The fraction of sp³-hybridized carbons (Fsp3) is 0.370. The first-order chi connectivity index (χ1) is 17.3. The minimum Gasteiger partial charge on any atom is -0.450 e. The van der Waals surface area contributed by atoms with Gasteiger partial charge >= 0.3 is 5.97 Å². The van der Waals surface area contributed by atoms with Crippen LogP contribution < -0.4 is 20.7 Å². The number of nitrogens with one attached hydrogen (secondary N) is 2. The van der Waals surface area contributed by atoms with Crippen LogP contribution >= 0.6 is 0 Å². The Morgan fingerprint density at radius 2 is 1.83 bits per heavy atom. The van der Waals surface area contributed by atoms with E-state index in [4.69, 9.17) is 4.74 Å². The molecular formula is C27H28FN5O3. The normalized spacial score (nSPS) is 17.9. The lowest BCUT2D eigenvalue weighted by Gasteiger charge is -2.39. The molecule has 8 nitrogen and oxygen atoms in total. The summed E-state index contributed by atoms with van der Waals surface area (Å²) in [6.07, 6.45) is 2.44. The van der Waals surface area contributed by atoms with Crippen LogP contribution in [0, 0.1) is 5.82 Å². The van der Waals surface area contributed by atoms with E-state index in [1.165, 1.54) is 6.07 Å². The molecule has 186 valence electrons. The largest absolute Gasteiger partial charge is 0.450 e. The number of aromatic nitrogens is 2. The van der Waals surface area contributed by atoms with Crippen molar-refractivity contribution in [2.75, 3.05) is 48.8 Å². The van der Waals surface area contributed by atoms with Crippen molar-refractivity contribution in [2.24, 2.45) is 0 Å². The van der Waals surface area contributed by atoms with Gasteiger partial charge in [0.05, 0.1) is 11.1 Å². The van der Waals surface area contributed by atoms with E-state index in [0.29, 0.717) is 66.4 Å². The van der Waals surface area contributed by atoms with Gasteiger partial charge in [0.25, 0.3) is 5.56 Å². The average molecular weight is 490 g/mol. The summed E-state index contributed by atoms with van der Waals surface area (Å²) in [4.78, 5) is 36.9. The molecule has 0 atom stereocenters. The summed E-state index contributed by atoms with van der Waals surface area (Å²) in [6.45, 7) is 1.74. The summed E-state index contributed by atoms with van der Waals surface area (Å²) in [5.74, 6) is 0.205. The van der Waals surface area contributed by atoms with Crippen molar-refractivity contribution in [1.82, 2.24) is 9.97 Å². The van der Waals surface area contributed by atoms with Gasteiger partial charge in [-0.25, -0.2) is 9.18 Å². The Bertz CT molecular complexity index is 1410. The molecule has 0 saturated carbocycles. The number of esters is 1. The highest BCUT2D eigenvalue weighted by Crippen LogP contribution is 2.47. The Kier molecular flexibility index (Phi) is 5.24. The second-order valence-electron chi connectivity index (χ2n) is 9.94. The quantitative estimate of drug-likeness (QED) is 0.543. The van der Waals surface area contributed by atoms with Gasteiger partial charge in [0.15, 0.2) is 0 Å². The number of ether oxygens (including phenoxy) is 1. The molecule has 36 heavy (non-hydrogen) atoms. The number of hydrogen-bond acceptors (Lipinski definition) is 7. The van der Waals surface area contributed by atoms with Crippen LogP contribution in [-0.4, -0.2) is 49.7 Å². The smallest absolute Gasteiger partial charge is 0.339 e. The monoisotopic (exact) mass is 489 g/mol. The molecule has 0 bridgehead atoms. The third-order valence-electron chi connectivity index (χ3n) is 7.54. The van der Waals surface area contributed by atoms with Crippen LogP contribution in [0.15, 0.2) is 41.2 Å². The van der Waals surface area contributed by atoms with E-state index < -0.39 is 17.4 Å². The molecule has 1 fully saturated rings. The van der Waals surface area contributed by atoms with Crippen molar-refractivity contribution in [2.45, 2.75) is 31.3 Å². The van der Waals surface area contributed by atoms with Crippen LogP contribution in [0.4, 0.5) is 21.8 Å². The summed E-state index contributed by atoms with van der Waals surface area (Å²) in [5, 5.41) is 3.21. The molecule has 0 aliphatic carbocycles. The van der Waals surface area contributed by atoms with Crippen molar-refractivity contribution in [3.05, 3.63) is 69.3 Å². The number of benzene rings is 2. The van der Waals surface area contributed by atoms with Gasteiger partial charge in [-0.15, -0.1) is 0 Å². The standard InChI is InChI=1S/C27H28FN5O3/c1-32(2)18-7-5-16(6-8-18)17-14-20-22(21(28)15-17)27(36-25(20)35)9-12-33(13-10-27)26-30-23-19(24(34)31-26)4-3-11-29-23/h5-8,14-15H,3-4,9-13H2,1-2H3,(H2,29,30,31,34). The van der Waals surface area contributed by atoms with Crippen LogP contribution in [0.2, 0.25) is 0 Å². The van der Waals surface area contributed by atoms with Gasteiger partial charge in [-0.3, -0.25) is 9.78 Å². The van der Waals surface area contributed by atoms with Gasteiger partial charge in [-0.2, -0.15) is 4.98 Å². The maximum absolute atomic E-state index is 15.6. The fourth-order valence-corrected chi connectivity index (χ4v) is 5.55. The summed E-state index contributed by atoms with van der Waals surface area (Å²) in [5.41, 5.74) is 2.70. The molecule has 2 N–H and O–H groups in total. The number of piperidine rings is 1. The van der Waals surface area contributed by atoms with E-state index in [-0.39, 0.29) is 5.56 Å². The number of rotatable bonds is 3. The molecule has 0 radical (unpaired) electrons. The molecule has 1 spiro atoms. The Hall–Kier alpha value is -3.88. The van der Waals surface area contributed by atoms with Crippen LogP contribution in [0.1, 0.15) is 40.7 Å². The van der Waals surface area contributed by atoms with E-state index >= 15 is 4.39 Å². The van der Waals surface area contributed by atoms with Gasteiger partial charge < -0.3 is 19.9 Å². The maximum atomic E-state index is 15.6. The molecule has 1 saturated heterocycles. The number of H-pyrrole nitrogens is 1. The Morgan fingerprint density at radius 1 is 1.08 bits per heavy atom. The second kappa shape index (κ2) is 8.36. The lowest BCUT2D eigenvalue weighted by molar-refractivity contribution is -0.0225. The van der Waals surface area contributed by atoms with E-state index in [9.17, 15) is 9.59 Å². The van der Waals surface area contributed by atoms with E-state index in [1.54, 1.807) is 6.07 Å². The zero-order valence-corrected chi connectivity index (χ0v) is 20.4. The maximum Gasteiger partial charge on any atom is 0.339 e. The number of nitrogens with zero attached hydrogens (tertiary/aromatic N) is 3. The number of anilines is 3. The molecular weight excluding hydrogens is 461 g/mol. The Morgan fingerprint density at radius 3 is 2.56 bits per heavy atom. The molecule has 3 aliphatic rings. The number of halogens is 1. The van der Waals surface area contributed by atoms with Gasteiger partial charge in [-0.1, -0.05) is 12.1 Å². The molecule has 0 unspecified atom stereocenters. The van der Waals surface area contributed by atoms with Crippen molar-refractivity contribution in [3.8, 4) is 11.1 Å². The summed E-state index contributed by atoms with van der Waals surface area (Å²) in [6, 6.07) is 11.0. The van der Waals surface area contributed by atoms with Gasteiger partial charge in [0, 0.05) is 57.8 Å². The third kappa shape index (κ3) is 3.61. The zero-order valence-electron chi connectivity index (χ0n) is 20.4. The molecule has 1 aromatic heterocycles. The minimum absolute atomic E-state index is 0.127. The van der Waals surface area contributed by atoms with Crippen molar-refractivity contribution >= 4 is 23.4 Å². The van der Waals surface area contributed by atoms with Crippen LogP contribution in [-0.2, 0) is 16.8 Å². The van der Waals surface area contributed by atoms with Gasteiger partial charge in [0.1, 0.15) is 17.2 Å². The third-order valence-corrected chi connectivity index (χ3v) is 7.54. The first-order valence-electron chi connectivity index (χ1n) is 12.3. The van der Waals surface area contributed by atoms with Crippen molar-refractivity contribution < 1.29 is 13.9 Å². The average Bonchev–Trinajstić information content (AvgIpc) is 3.15. The fourth-order valence-electron chi connectivity index (χ4n) is 5.55. The number of carbonyl (C=O) groups excluding carboxylic acids is 1. The van der Waals surface area contributed by atoms with Gasteiger partial charge in [0.2, 0.25) is 5.95 Å². The van der Waals surface area contributed by atoms with Crippen LogP contribution in [0.3, 0.4) is 0 Å². The van der Waals surface area contributed by atoms with E-state index in [2.05, 4.69) is 15.3 Å². The highest BCUT2D eigenvalue weighted by Gasteiger charge is 2.49. The molecule has 4 heterocycles. The first kappa shape index (κ1) is 22.6. The van der Waals surface area contributed by atoms with Gasteiger partial charge in [-0.05, 0) is 48.2 Å². The molecule has 2 aromatic carbocycles. The lowest BCUT2D eigenvalue weighted by atomic mass is 9.82. The summed E-state index contributed by atoms with van der Waals surface area (Å²) >= 11 is 0. The van der Waals surface area contributed by atoms with Crippen molar-refractivity contribution in [1.29, 1.82) is 0 Å². The SMILES string of the molecule is CN(C)c1ccc(-c2cc(F)c3c(c2)C(=O)OC32CCN(c3nc4c(c(=O)[nH]3)CCCN4)CC2)cc1. The zero-order chi connectivity index (χ0) is 25.0. The molecule has 3 aromatic rings. The molecule has 3 aliphatic heterocycles. The molecule has 6 rings (SSSR count). The topological polar surface area (TPSA) is 90.6 Å². The number of aromatic amines is 1. The minimum atomic E-state index is -1.01. The highest BCUT2D eigenvalue weighted by molar-refractivity contribution is 5.96. The number of fused-ring (bicyclic) bond motifs is 3. The van der Waals surface area contributed by atoms with Crippen LogP contribution in [0.5, 0.6) is 0 Å². The summed E-state index contributed by atoms with van der Waals surface area (Å²) in [7, 11) is 3.92. The van der Waals surface area contributed by atoms with Crippen molar-refractivity contribution in [3.63, 3.8) is 0 Å². The summed E-state index contributed by atoms with van der Waals surface area (Å²) < 4.78 is 21.5. The van der Waals surface area contributed by atoms with E-state index in [1.807, 2.05) is 48.2 Å². The Labute approximate surface area is 208 Å². The predicted molar refractivity (Wildman–Crippen MR) is 136 cm³/mol. The first-order valence-corrected chi connectivity index (χ1v) is 12.3. The Balaban J connectivity index is 1.27. The second-order valence-corrected chi connectivity index (χ2v) is 9.94. The highest BCUT2D eigenvalue weighted by atomic mass is 19.1. The predicted octanol–water partition coefficient (Wildman–Crippen LogP) is 3.67. The lowest BCUT2D eigenvalue weighted by Crippen LogP contribution is -2.44. The number of hydrogen-bond donors (Lipinski definition) is 2. The molecule has 0 amide bonds. The van der Waals surface area contributed by atoms with E-state index in [0.717, 1.165) is 24.2 Å². The number of carbonyl (C=O) groups is 1.